The van der Waals surface area contributed by atoms with Gasteiger partial charge in [0, 0.05) is 39.3 Å². The summed E-state index contributed by atoms with van der Waals surface area (Å²) in [6.07, 6.45) is -2.93. The van der Waals surface area contributed by atoms with Gasteiger partial charge in [-0.1, -0.05) is 30.3 Å². The molecule has 300 valence electrons. The van der Waals surface area contributed by atoms with Crippen molar-refractivity contribution >= 4 is 36.2 Å². The maximum absolute atomic E-state index is 13.4. The van der Waals surface area contributed by atoms with Gasteiger partial charge in [-0.05, 0) is 95.1 Å². The number of imide groups is 1. The second-order valence-corrected chi connectivity index (χ2v) is 16.4. The number of nitrogens with one attached hydrogen (secondary N) is 2. The minimum atomic E-state index is -1.13. The Labute approximate surface area is 314 Å². The van der Waals surface area contributed by atoms with Crippen molar-refractivity contribution in [2.45, 2.75) is 118 Å². The summed E-state index contributed by atoms with van der Waals surface area (Å²) in [4.78, 5) is 81.4. The van der Waals surface area contributed by atoms with E-state index in [1.165, 1.54) is 9.80 Å². The zero-order valence-electron chi connectivity index (χ0n) is 33.6. The highest BCUT2D eigenvalue weighted by molar-refractivity contribution is 5.98. The molecule has 0 spiro atoms. The predicted octanol–water partition coefficient (Wildman–Crippen LogP) is 4.44. The van der Waals surface area contributed by atoms with Gasteiger partial charge >= 0.3 is 24.4 Å². The molecule has 1 aromatic carbocycles. The topological polar surface area (TPSA) is 199 Å². The fourth-order valence-corrected chi connectivity index (χ4v) is 4.32. The van der Waals surface area contributed by atoms with E-state index < -0.39 is 71.2 Å². The molecule has 53 heavy (non-hydrogen) atoms. The van der Waals surface area contributed by atoms with E-state index in [1.807, 2.05) is 6.07 Å². The molecule has 16 heteroatoms. The third-order valence-corrected chi connectivity index (χ3v) is 6.49. The summed E-state index contributed by atoms with van der Waals surface area (Å²) in [6.45, 7) is 19.5. The molecule has 0 aliphatic heterocycles. The maximum Gasteiger partial charge on any atom is 0.417 e. The molecule has 0 bridgehead atoms. The molecule has 0 heterocycles. The Morgan fingerprint density at radius 3 is 1.45 bits per heavy atom. The molecule has 0 aromatic heterocycles. The first-order chi connectivity index (χ1) is 24.2. The monoisotopic (exact) mass is 750 g/mol. The molecule has 0 radical (unpaired) electrons. The van der Waals surface area contributed by atoms with Crippen LogP contribution in [0.1, 0.15) is 88.6 Å². The minimum absolute atomic E-state index is 0.0155. The summed E-state index contributed by atoms with van der Waals surface area (Å²) in [5, 5.41) is 5.24. The molecule has 16 nitrogen and oxygen atoms in total. The van der Waals surface area contributed by atoms with Crippen LogP contribution in [0.15, 0.2) is 30.3 Å². The largest absolute Gasteiger partial charge is 0.444 e. The van der Waals surface area contributed by atoms with Gasteiger partial charge in [-0.25, -0.2) is 24.1 Å². The summed E-state index contributed by atoms with van der Waals surface area (Å²) in [5.41, 5.74) is 3.62. The molecule has 0 aliphatic rings. The highest BCUT2D eigenvalue weighted by Gasteiger charge is 2.33. The SMILES string of the molecule is CC(C)(C)OC(=O)NCCN(CCN(CCNC(=O)CN(C(=O)OC(C)(C)C)C(=O)[C@@H](N)Cc1ccccc1)C(=O)OC(C)(C)C)C(=O)OC(C)(C)C. The first kappa shape index (κ1) is 46.4. The molecule has 6 amide bonds. The first-order valence-electron chi connectivity index (χ1n) is 17.7. The van der Waals surface area contributed by atoms with Crippen LogP contribution in [0.25, 0.3) is 0 Å². The van der Waals surface area contributed by atoms with Crippen molar-refractivity contribution in [2.75, 3.05) is 45.8 Å². The van der Waals surface area contributed by atoms with Gasteiger partial charge < -0.3 is 45.1 Å². The zero-order valence-corrected chi connectivity index (χ0v) is 33.6. The zero-order chi connectivity index (χ0) is 40.8. The Morgan fingerprint density at radius 1 is 0.604 bits per heavy atom. The molecule has 0 saturated carbocycles. The van der Waals surface area contributed by atoms with E-state index in [1.54, 1.807) is 107 Å². The van der Waals surface area contributed by atoms with Crippen LogP contribution < -0.4 is 16.4 Å². The van der Waals surface area contributed by atoms with Crippen LogP contribution in [-0.4, -0.2) is 125 Å². The average Bonchev–Trinajstić information content (AvgIpc) is 2.97. The van der Waals surface area contributed by atoms with E-state index >= 15 is 0 Å². The van der Waals surface area contributed by atoms with E-state index in [-0.39, 0.29) is 45.7 Å². The highest BCUT2D eigenvalue weighted by atomic mass is 16.6. The lowest BCUT2D eigenvalue weighted by Crippen LogP contribution is -2.53. The number of carbonyl (C=O) groups excluding carboxylic acids is 6. The number of amides is 6. The minimum Gasteiger partial charge on any atom is -0.444 e. The van der Waals surface area contributed by atoms with Crippen molar-refractivity contribution in [3.63, 3.8) is 0 Å². The Balaban J connectivity index is 3.08. The number of hydrogen-bond acceptors (Lipinski definition) is 11. The van der Waals surface area contributed by atoms with Crippen LogP contribution in [0, 0.1) is 0 Å². The van der Waals surface area contributed by atoms with Gasteiger partial charge in [-0.3, -0.25) is 9.59 Å². The van der Waals surface area contributed by atoms with E-state index in [9.17, 15) is 28.8 Å². The van der Waals surface area contributed by atoms with Crippen molar-refractivity contribution in [3.8, 4) is 0 Å². The molecule has 0 saturated heterocycles. The fraction of sp³-hybridized carbons (Fsp3) is 0.676. The van der Waals surface area contributed by atoms with Gasteiger partial charge in [-0.2, -0.15) is 0 Å². The number of nitrogens with zero attached hydrogens (tertiary/aromatic N) is 3. The van der Waals surface area contributed by atoms with E-state index in [0.717, 1.165) is 5.56 Å². The Morgan fingerprint density at radius 2 is 1.02 bits per heavy atom. The first-order valence-corrected chi connectivity index (χ1v) is 17.7. The summed E-state index contributed by atoms with van der Waals surface area (Å²) >= 11 is 0. The molecule has 1 rings (SSSR count). The molecule has 4 N–H and O–H groups in total. The van der Waals surface area contributed by atoms with Crippen molar-refractivity contribution in [3.05, 3.63) is 35.9 Å². The van der Waals surface area contributed by atoms with E-state index in [4.69, 9.17) is 24.7 Å². The second kappa shape index (κ2) is 20.0. The summed E-state index contributed by atoms with van der Waals surface area (Å²) < 4.78 is 21.8. The second-order valence-electron chi connectivity index (χ2n) is 16.4. The lowest BCUT2D eigenvalue weighted by Gasteiger charge is -2.31. The van der Waals surface area contributed by atoms with E-state index in [0.29, 0.717) is 4.90 Å². The third kappa shape index (κ3) is 20.9. The fourth-order valence-electron chi connectivity index (χ4n) is 4.32. The van der Waals surface area contributed by atoms with Crippen LogP contribution in [0.4, 0.5) is 19.2 Å². The quantitative estimate of drug-likeness (QED) is 0.227. The predicted molar refractivity (Wildman–Crippen MR) is 199 cm³/mol. The van der Waals surface area contributed by atoms with Crippen LogP contribution in [0.2, 0.25) is 0 Å². The standard InChI is InChI=1S/C37H62N6O10/c1-34(2,3)50-30(46)40-19-21-42(32(48)52-36(7,8)9)23-22-41(31(47)51-35(4,5)6)20-18-39-28(44)25-43(33(49)53-37(10,11)12)29(45)27(38)24-26-16-14-13-15-17-26/h13-17,27H,18-25,38H2,1-12H3,(H,39,44)(H,40,46)/t27-/m0/s1. The molecule has 0 fully saturated rings. The number of hydrogen-bond donors (Lipinski definition) is 3. The van der Waals surface area contributed by atoms with Gasteiger partial charge in [0.25, 0.3) is 0 Å². The van der Waals surface area contributed by atoms with E-state index in [2.05, 4.69) is 10.6 Å². The number of carbonyl (C=O) groups is 6. The van der Waals surface area contributed by atoms with Crippen LogP contribution >= 0.6 is 0 Å². The lowest BCUT2D eigenvalue weighted by atomic mass is 10.1. The number of nitrogens with two attached hydrogens (primary N) is 1. The van der Waals surface area contributed by atoms with Gasteiger partial charge in [0.15, 0.2) is 0 Å². The van der Waals surface area contributed by atoms with Crippen molar-refractivity contribution in [2.24, 2.45) is 5.73 Å². The van der Waals surface area contributed by atoms with Gasteiger partial charge in [-0.15, -0.1) is 0 Å². The summed E-state index contributed by atoms with van der Waals surface area (Å²) in [6, 6.07) is 7.87. The Bertz CT molecular complexity index is 1380. The summed E-state index contributed by atoms with van der Waals surface area (Å²) in [5.74, 6) is -1.50. The number of alkyl carbamates (subject to hydrolysis) is 1. The Hall–Kier alpha value is -4.60. The number of ether oxygens (including phenoxy) is 4. The van der Waals surface area contributed by atoms with Crippen LogP contribution in [0.5, 0.6) is 0 Å². The molecule has 1 aromatic rings. The Kier molecular flexibility index (Phi) is 17.5. The van der Waals surface area contributed by atoms with Gasteiger partial charge in [0.2, 0.25) is 11.8 Å². The van der Waals surface area contributed by atoms with Crippen molar-refractivity contribution in [1.29, 1.82) is 0 Å². The van der Waals surface area contributed by atoms with Crippen molar-refractivity contribution < 1.29 is 47.7 Å². The van der Waals surface area contributed by atoms with Crippen LogP contribution in [-0.2, 0) is 35.0 Å². The van der Waals surface area contributed by atoms with Crippen LogP contribution in [0.3, 0.4) is 0 Å². The molecule has 0 unspecified atom stereocenters. The number of rotatable bonds is 14. The molecule has 0 aliphatic carbocycles. The normalized spacial score (nSPS) is 12.5. The van der Waals surface area contributed by atoms with Gasteiger partial charge in [0.05, 0.1) is 6.04 Å². The smallest absolute Gasteiger partial charge is 0.417 e. The molecular weight excluding hydrogens is 688 g/mol. The average molecular weight is 751 g/mol. The molecule has 1 atom stereocenters. The lowest BCUT2D eigenvalue weighted by molar-refractivity contribution is -0.136. The van der Waals surface area contributed by atoms with Crippen molar-refractivity contribution in [1.82, 2.24) is 25.3 Å². The summed E-state index contributed by atoms with van der Waals surface area (Å²) in [7, 11) is 0. The maximum atomic E-state index is 13.4. The third-order valence-electron chi connectivity index (χ3n) is 6.49. The number of benzene rings is 1. The highest BCUT2D eigenvalue weighted by Crippen LogP contribution is 2.14. The van der Waals surface area contributed by atoms with Gasteiger partial charge in [0.1, 0.15) is 28.9 Å². The molecular formula is C37H62N6O10.